The van der Waals surface area contributed by atoms with Crippen LogP contribution in [-0.4, -0.2) is 44.7 Å². The number of ether oxygens (including phenoxy) is 1. The molecule has 1 amide bonds. The van der Waals surface area contributed by atoms with Crippen molar-refractivity contribution in [3.63, 3.8) is 0 Å². The third kappa shape index (κ3) is 3.31. The second kappa shape index (κ2) is 5.00. The van der Waals surface area contributed by atoms with Gasteiger partial charge in [-0.25, -0.2) is 4.79 Å². The van der Waals surface area contributed by atoms with Gasteiger partial charge in [-0.2, -0.15) is 0 Å². The summed E-state index contributed by atoms with van der Waals surface area (Å²) in [6, 6.07) is 0.123. The third-order valence-electron chi connectivity index (χ3n) is 3.28. The summed E-state index contributed by atoms with van der Waals surface area (Å²) in [6.07, 6.45) is 2.27. The van der Waals surface area contributed by atoms with Crippen LogP contribution in [0.5, 0.6) is 0 Å². The molecule has 3 atom stereocenters. The fourth-order valence-corrected chi connectivity index (χ4v) is 2.83. The Morgan fingerprint density at radius 3 is 2.29 bits per heavy atom. The van der Waals surface area contributed by atoms with Gasteiger partial charge in [0.1, 0.15) is 6.61 Å². The number of aliphatic hydroxyl groups is 1. The summed E-state index contributed by atoms with van der Waals surface area (Å²) < 4.78 is 3.39. The zero-order chi connectivity index (χ0) is 12.6. The number of halogens is 3. The number of hydrogen-bond acceptors (Lipinski definition) is 3. The van der Waals surface area contributed by atoms with Crippen LogP contribution in [0.4, 0.5) is 4.79 Å². The smallest absolute Gasteiger partial charge is 0.410 e. The largest absolute Gasteiger partial charge is 0.445 e. The minimum absolute atomic E-state index is 0.0617. The molecule has 2 bridgehead atoms. The topological polar surface area (TPSA) is 49.8 Å². The molecule has 0 aromatic rings. The molecule has 4 nitrogen and oxygen atoms in total. The quantitative estimate of drug-likeness (QED) is 0.757. The van der Waals surface area contributed by atoms with Crippen LogP contribution < -0.4 is 0 Å². The van der Waals surface area contributed by atoms with Gasteiger partial charge in [0.05, 0.1) is 6.10 Å². The molecule has 0 aromatic heterocycles. The Labute approximate surface area is 115 Å². The molecule has 1 N–H and O–H groups in total. The van der Waals surface area contributed by atoms with Crippen molar-refractivity contribution in [1.82, 2.24) is 4.90 Å². The number of alkyl halides is 3. The standard InChI is InChI=1S/C10H14Cl3NO3/c11-10(12,13)5-17-9(16)14-6-1-2-7(14)4-8(15)3-6/h6-8,15H,1-5H2/t6-,7+,8?. The van der Waals surface area contributed by atoms with Crippen molar-refractivity contribution >= 4 is 40.9 Å². The Kier molecular flexibility index (Phi) is 3.98. The Hall–Kier alpha value is 0.1000. The summed E-state index contributed by atoms with van der Waals surface area (Å²) >= 11 is 16.6. The molecule has 0 radical (unpaired) electrons. The van der Waals surface area contributed by atoms with Gasteiger partial charge in [-0.15, -0.1) is 0 Å². The van der Waals surface area contributed by atoms with E-state index >= 15 is 0 Å². The zero-order valence-electron chi connectivity index (χ0n) is 9.11. The lowest BCUT2D eigenvalue weighted by atomic mass is 10.0. The first-order chi connectivity index (χ1) is 7.87. The number of carbonyl (C=O) groups is 1. The molecule has 0 saturated carbocycles. The normalized spacial score (nSPS) is 32.7. The Balaban J connectivity index is 1.92. The number of fused-ring (bicyclic) bond motifs is 2. The van der Waals surface area contributed by atoms with E-state index < -0.39 is 9.89 Å². The molecule has 2 aliphatic heterocycles. The number of carbonyl (C=O) groups excluding carboxylic acids is 1. The van der Waals surface area contributed by atoms with Gasteiger partial charge in [0.25, 0.3) is 0 Å². The van der Waals surface area contributed by atoms with Crippen molar-refractivity contribution in [2.75, 3.05) is 6.61 Å². The van der Waals surface area contributed by atoms with Crippen molar-refractivity contribution in [2.24, 2.45) is 0 Å². The average Bonchev–Trinajstić information content (AvgIpc) is 2.47. The average molecular weight is 303 g/mol. The van der Waals surface area contributed by atoms with Crippen LogP contribution in [0.1, 0.15) is 25.7 Å². The SMILES string of the molecule is O=C(OCC(Cl)(Cl)Cl)N1[C@@H]2CC[C@H]1CC(O)C2. The van der Waals surface area contributed by atoms with Gasteiger partial charge in [0.15, 0.2) is 0 Å². The van der Waals surface area contributed by atoms with Crippen LogP contribution in [0, 0.1) is 0 Å². The molecule has 0 aliphatic carbocycles. The van der Waals surface area contributed by atoms with Crippen LogP contribution >= 0.6 is 34.8 Å². The molecule has 2 saturated heterocycles. The highest BCUT2D eigenvalue weighted by Crippen LogP contribution is 2.36. The van der Waals surface area contributed by atoms with Crippen molar-refractivity contribution < 1.29 is 14.6 Å². The molecule has 2 aliphatic rings. The highest BCUT2D eigenvalue weighted by Gasteiger charge is 2.44. The number of piperidine rings is 1. The van der Waals surface area contributed by atoms with Gasteiger partial charge in [-0.05, 0) is 25.7 Å². The molecule has 2 fully saturated rings. The van der Waals surface area contributed by atoms with E-state index in [0.717, 1.165) is 12.8 Å². The summed E-state index contributed by atoms with van der Waals surface area (Å²) in [6.45, 7) is -0.255. The second-order valence-corrected chi connectivity index (χ2v) is 7.10. The lowest BCUT2D eigenvalue weighted by Gasteiger charge is -2.36. The minimum atomic E-state index is -1.58. The Morgan fingerprint density at radius 2 is 1.82 bits per heavy atom. The lowest BCUT2D eigenvalue weighted by Crippen LogP contribution is -2.48. The summed E-state index contributed by atoms with van der Waals surface area (Å²) in [4.78, 5) is 13.5. The molecule has 7 heteroatoms. The summed E-state index contributed by atoms with van der Waals surface area (Å²) in [5.74, 6) is 0. The maximum atomic E-state index is 11.9. The molecule has 98 valence electrons. The predicted molar refractivity (Wildman–Crippen MR) is 65.5 cm³/mol. The number of hydrogen-bond donors (Lipinski definition) is 1. The summed E-state index contributed by atoms with van der Waals surface area (Å²) in [5, 5.41) is 9.61. The van der Waals surface area contributed by atoms with E-state index in [1.807, 2.05) is 0 Å². The Morgan fingerprint density at radius 1 is 1.29 bits per heavy atom. The molecule has 2 heterocycles. The second-order valence-electron chi connectivity index (χ2n) is 4.59. The number of nitrogens with zero attached hydrogens (tertiary/aromatic N) is 1. The predicted octanol–water partition coefficient (Wildman–Crippen LogP) is 2.48. The third-order valence-corrected chi connectivity index (χ3v) is 3.61. The van der Waals surface area contributed by atoms with Gasteiger partial charge in [-0.3, -0.25) is 0 Å². The van der Waals surface area contributed by atoms with E-state index in [9.17, 15) is 9.90 Å². The number of amides is 1. The summed E-state index contributed by atoms with van der Waals surface area (Å²) in [5.41, 5.74) is 0. The first-order valence-corrected chi connectivity index (χ1v) is 6.70. The highest BCUT2D eigenvalue weighted by atomic mass is 35.6. The molecule has 17 heavy (non-hydrogen) atoms. The fraction of sp³-hybridized carbons (Fsp3) is 0.900. The van der Waals surface area contributed by atoms with Gasteiger partial charge in [0, 0.05) is 12.1 Å². The van der Waals surface area contributed by atoms with E-state index in [-0.39, 0.29) is 24.8 Å². The summed E-state index contributed by atoms with van der Waals surface area (Å²) in [7, 11) is 0. The molecule has 0 spiro atoms. The maximum Gasteiger partial charge on any atom is 0.410 e. The first kappa shape index (κ1) is 13.5. The van der Waals surface area contributed by atoms with Crippen LogP contribution in [0.15, 0.2) is 0 Å². The van der Waals surface area contributed by atoms with E-state index in [2.05, 4.69) is 0 Å². The molecule has 1 unspecified atom stereocenters. The van der Waals surface area contributed by atoms with Crippen LogP contribution in [0.25, 0.3) is 0 Å². The fourth-order valence-electron chi connectivity index (χ4n) is 2.66. The Bertz CT molecular complexity index is 294. The van der Waals surface area contributed by atoms with Crippen LogP contribution in [0.3, 0.4) is 0 Å². The van der Waals surface area contributed by atoms with E-state index in [0.29, 0.717) is 12.8 Å². The molecular formula is C10H14Cl3NO3. The molecule has 2 rings (SSSR count). The van der Waals surface area contributed by atoms with Crippen LogP contribution in [-0.2, 0) is 4.74 Å². The van der Waals surface area contributed by atoms with E-state index in [1.54, 1.807) is 4.90 Å². The molecule has 0 aromatic carbocycles. The lowest BCUT2D eigenvalue weighted by molar-refractivity contribution is 0.0252. The first-order valence-electron chi connectivity index (χ1n) is 5.57. The molecular weight excluding hydrogens is 288 g/mol. The van der Waals surface area contributed by atoms with Crippen molar-refractivity contribution in [1.29, 1.82) is 0 Å². The maximum absolute atomic E-state index is 11.9. The zero-order valence-corrected chi connectivity index (χ0v) is 11.4. The van der Waals surface area contributed by atoms with Crippen molar-refractivity contribution in [3.05, 3.63) is 0 Å². The van der Waals surface area contributed by atoms with Gasteiger partial charge < -0.3 is 14.7 Å². The monoisotopic (exact) mass is 301 g/mol. The van der Waals surface area contributed by atoms with Gasteiger partial charge in [-0.1, -0.05) is 34.8 Å². The minimum Gasteiger partial charge on any atom is -0.445 e. The van der Waals surface area contributed by atoms with Gasteiger partial charge >= 0.3 is 6.09 Å². The van der Waals surface area contributed by atoms with Crippen LogP contribution in [0.2, 0.25) is 0 Å². The van der Waals surface area contributed by atoms with E-state index in [4.69, 9.17) is 39.5 Å². The van der Waals surface area contributed by atoms with E-state index in [1.165, 1.54) is 0 Å². The number of rotatable bonds is 1. The number of aliphatic hydroxyl groups excluding tert-OH is 1. The van der Waals surface area contributed by atoms with Gasteiger partial charge in [0.2, 0.25) is 3.79 Å². The highest BCUT2D eigenvalue weighted by molar-refractivity contribution is 6.67. The van der Waals surface area contributed by atoms with Crippen molar-refractivity contribution in [2.45, 2.75) is 47.7 Å². The van der Waals surface area contributed by atoms with Crippen molar-refractivity contribution in [3.8, 4) is 0 Å².